The van der Waals surface area contributed by atoms with Crippen LogP contribution in [0.3, 0.4) is 0 Å². The second kappa shape index (κ2) is 11.0. The molecule has 9 heteroatoms. The number of barbiturate groups is 1. The van der Waals surface area contributed by atoms with E-state index in [0.29, 0.717) is 46.2 Å². The molecule has 1 N–H and O–H groups in total. The number of rotatable bonds is 8. The van der Waals surface area contributed by atoms with Crippen LogP contribution in [0.5, 0.6) is 5.75 Å². The topological polar surface area (TPSA) is 80.6 Å². The number of anilines is 1. The van der Waals surface area contributed by atoms with Crippen molar-refractivity contribution in [2.75, 3.05) is 11.5 Å². The molecule has 2 heterocycles. The first-order valence-corrected chi connectivity index (χ1v) is 12.3. The number of aromatic nitrogens is 1. The Balaban J connectivity index is 1.52. The lowest BCUT2D eigenvalue weighted by Gasteiger charge is -2.26. The molecule has 0 bridgehead atoms. The summed E-state index contributed by atoms with van der Waals surface area (Å²) in [6.45, 7) is 4.93. The van der Waals surface area contributed by atoms with Crippen LogP contribution in [-0.2, 0) is 16.1 Å². The van der Waals surface area contributed by atoms with Gasteiger partial charge in [-0.15, -0.1) is 0 Å². The highest BCUT2D eigenvalue weighted by atomic mass is 35.5. The maximum absolute atomic E-state index is 13.2. The van der Waals surface area contributed by atoms with Crippen LogP contribution in [0, 0.1) is 0 Å². The average Bonchev–Trinajstić information content (AvgIpc) is 3.30. The number of benzene rings is 2. The smallest absolute Gasteiger partial charge is 0.335 e. The van der Waals surface area contributed by atoms with Crippen molar-refractivity contribution in [3.05, 3.63) is 87.7 Å². The van der Waals surface area contributed by atoms with Crippen LogP contribution in [0.15, 0.2) is 66.4 Å². The predicted molar refractivity (Wildman–Crippen MR) is 141 cm³/mol. The van der Waals surface area contributed by atoms with Crippen LogP contribution < -0.4 is 15.0 Å². The van der Waals surface area contributed by atoms with Crippen LogP contribution >= 0.6 is 23.2 Å². The molecule has 0 radical (unpaired) electrons. The van der Waals surface area contributed by atoms with Gasteiger partial charge in [0.2, 0.25) is 0 Å². The summed E-state index contributed by atoms with van der Waals surface area (Å²) in [5.74, 6) is -0.565. The van der Waals surface area contributed by atoms with Gasteiger partial charge in [0.15, 0.2) is 0 Å². The fourth-order valence-electron chi connectivity index (χ4n) is 3.84. The fourth-order valence-corrected chi connectivity index (χ4v) is 4.30. The molecule has 0 unspecified atom stereocenters. The van der Waals surface area contributed by atoms with Crippen LogP contribution in [0.2, 0.25) is 10.0 Å². The summed E-state index contributed by atoms with van der Waals surface area (Å²) in [5, 5.41) is 3.18. The van der Waals surface area contributed by atoms with Crippen molar-refractivity contribution in [2.24, 2.45) is 0 Å². The monoisotopic (exact) mass is 525 g/mol. The molecule has 3 aromatic rings. The molecule has 0 saturated carbocycles. The van der Waals surface area contributed by atoms with Gasteiger partial charge in [-0.2, -0.15) is 0 Å². The third-order valence-corrected chi connectivity index (χ3v) is 6.61. The molecule has 2 aromatic carbocycles. The van der Waals surface area contributed by atoms with E-state index in [1.165, 1.54) is 6.08 Å². The first-order chi connectivity index (χ1) is 17.3. The highest BCUT2D eigenvalue weighted by Crippen LogP contribution is 2.28. The Morgan fingerprint density at radius 3 is 2.50 bits per heavy atom. The van der Waals surface area contributed by atoms with Crippen LogP contribution in [0.25, 0.3) is 6.08 Å². The molecule has 0 spiro atoms. The van der Waals surface area contributed by atoms with Crippen molar-refractivity contribution in [1.29, 1.82) is 0 Å². The van der Waals surface area contributed by atoms with E-state index in [4.69, 9.17) is 27.9 Å². The van der Waals surface area contributed by atoms with E-state index in [0.717, 1.165) is 16.9 Å². The van der Waals surface area contributed by atoms with Gasteiger partial charge < -0.3 is 9.30 Å². The van der Waals surface area contributed by atoms with Gasteiger partial charge >= 0.3 is 6.03 Å². The molecule has 4 amide bonds. The Morgan fingerprint density at radius 2 is 1.81 bits per heavy atom. The fraction of sp³-hybridized carbons (Fsp3) is 0.222. The third-order valence-electron chi connectivity index (χ3n) is 6.07. The molecule has 7 nitrogen and oxygen atoms in total. The Hall–Kier alpha value is -3.55. The van der Waals surface area contributed by atoms with Gasteiger partial charge in [-0.1, -0.05) is 49.2 Å². The summed E-state index contributed by atoms with van der Waals surface area (Å²) in [7, 11) is 0. The molecule has 1 aliphatic heterocycles. The lowest BCUT2D eigenvalue weighted by molar-refractivity contribution is -0.122. The molecule has 1 fully saturated rings. The molecule has 4 rings (SSSR count). The number of amides is 4. The van der Waals surface area contributed by atoms with E-state index in [2.05, 4.69) is 19.2 Å². The maximum Gasteiger partial charge on any atom is 0.335 e. The Kier molecular flexibility index (Phi) is 7.82. The minimum Gasteiger partial charge on any atom is -0.490 e. The third kappa shape index (κ3) is 5.48. The minimum absolute atomic E-state index is 0.137. The van der Waals surface area contributed by atoms with Crippen molar-refractivity contribution in [3.8, 4) is 5.75 Å². The summed E-state index contributed by atoms with van der Waals surface area (Å²) in [6.07, 6.45) is 4.25. The zero-order valence-electron chi connectivity index (χ0n) is 19.8. The Bertz CT molecular complexity index is 1330. The summed E-state index contributed by atoms with van der Waals surface area (Å²) >= 11 is 12.1. The molecule has 0 aliphatic carbocycles. The highest BCUT2D eigenvalue weighted by Gasteiger charge is 2.37. The van der Waals surface area contributed by atoms with Crippen molar-refractivity contribution >= 4 is 52.8 Å². The number of nitrogens with one attached hydrogen (secondary N) is 1. The number of hydrogen-bond donors (Lipinski definition) is 1. The first kappa shape index (κ1) is 25.5. The molecular formula is C27H25Cl2N3O4. The quantitative estimate of drug-likeness (QED) is 0.286. The molecule has 186 valence electrons. The molecule has 1 aliphatic rings. The van der Waals surface area contributed by atoms with Crippen LogP contribution in [0.1, 0.15) is 37.4 Å². The number of urea groups is 1. The minimum atomic E-state index is -0.776. The van der Waals surface area contributed by atoms with E-state index in [1.54, 1.807) is 48.7 Å². The van der Waals surface area contributed by atoms with Gasteiger partial charge in [0.05, 0.1) is 17.3 Å². The second-order valence-electron chi connectivity index (χ2n) is 8.41. The van der Waals surface area contributed by atoms with E-state index in [1.807, 2.05) is 16.7 Å². The standard InChI is InChI=1S/C27H25Cl2N3O4/c1-3-17(2)18-6-9-20(10-7-18)32-26(34)22(25(33)30-27(32)35)16-21-5-4-12-31(21)13-14-36-24-11-8-19(28)15-23(24)29/h4-12,15-17H,3,13-14H2,1-2H3,(H,30,33,35)/b22-16+/t17-/m0/s1. The number of carbonyl (C=O) groups excluding carboxylic acids is 3. The van der Waals surface area contributed by atoms with Crippen molar-refractivity contribution in [3.63, 3.8) is 0 Å². The van der Waals surface area contributed by atoms with Crippen LogP contribution in [-0.4, -0.2) is 29.0 Å². The van der Waals surface area contributed by atoms with Crippen molar-refractivity contribution in [2.45, 2.75) is 32.7 Å². The molecule has 1 aromatic heterocycles. The van der Waals surface area contributed by atoms with Gasteiger partial charge in [0.1, 0.15) is 17.9 Å². The maximum atomic E-state index is 13.2. The van der Waals surface area contributed by atoms with E-state index < -0.39 is 17.8 Å². The molecular weight excluding hydrogens is 501 g/mol. The molecule has 36 heavy (non-hydrogen) atoms. The number of ether oxygens (including phenoxy) is 1. The van der Waals surface area contributed by atoms with E-state index in [-0.39, 0.29) is 5.57 Å². The van der Waals surface area contributed by atoms with Crippen molar-refractivity contribution < 1.29 is 19.1 Å². The number of nitrogens with zero attached hydrogens (tertiary/aromatic N) is 2. The van der Waals surface area contributed by atoms with E-state index in [9.17, 15) is 14.4 Å². The summed E-state index contributed by atoms with van der Waals surface area (Å²) in [6, 6.07) is 15.0. The predicted octanol–water partition coefficient (Wildman–Crippen LogP) is 6.05. The highest BCUT2D eigenvalue weighted by molar-refractivity contribution is 6.39. The lowest BCUT2D eigenvalue weighted by atomic mass is 9.98. The summed E-state index contributed by atoms with van der Waals surface area (Å²) < 4.78 is 7.58. The zero-order valence-corrected chi connectivity index (χ0v) is 21.3. The van der Waals surface area contributed by atoms with Crippen LogP contribution in [0.4, 0.5) is 10.5 Å². The Labute approximate surface area is 219 Å². The summed E-state index contributed by atoms with van der Waals surface area (Å²) in [5.41, 5.74) is 1.98. The van der Waals surface area contributed by atoms with Gasteiger partial charge in [-0.05, 0) is 66.4 Å². The number of imide groups is 2. The van der Waals surface area contributed by atoms with E-state index >= 15 is 0 Å². The Morgan fingerprint density at radius 1 is 1.06 bits per heavy atom. The normalized spacial score (nSPS) is 15.8. The largest absolute Gasteiger partial charge is 0.490 e. The van der Waals surface area contributed by atoms with Gasteiger partial charge in [0.25, 0.3) is 11.8 Å². The SMILES string of the molecule is CC[C@H](C)c1ccc(N2C(=O)NC(=O)/C(=C\c3cccn3CCOc3ccc(Cl)cc3Cl)C2=O)cc1. The zero-order chi connectivity index (χ0) is 25.8. The first-order valence-electron chi connectivity index (χ1n) is 11.5. The molecule has 1 saturated heterocycles. The number of carbonyl (C=O) groups is 3. The summed E-state index contributed by atoms with van der Waals surface area (Å²) in [4.78, 5) is 39.3. The van der Waals surface area contributed by atoms with Crippen molar-refractivity contribution in [1.82, 2.24) is 9.88 Å². The lowest BCUT2D eigenvalue weighted by Crippen LogP contribution is -2.54. The number of halogens is 2. The van der Waals surface area contributed by atoms with Gasteiger partial charge in [0, 0.05) is 16.9 Å². The van der Waals surface area contributed by atoms with Gasteiger partial charge in [-0.3, -0.25) is 14.9 Å². The molecule has 1 atom stereocenters. The van der Waals surface area contributed by atoms with Gasteiger partial charge in [-0.25, -0.2) is 9.69 Å². The average molecular weight is 526 g/mol. The second-order valence-corrected chi connectivity index (χ2v) is 9.25. The number of hydrogen-bond acceptors (Lipinski definition) is 4.